The second kappa shape index (κ2) is 3.63. The van der Waals surface area contributed by atoms with Crippen LogP contribution in [0.4, 0.5) is 5.82 Å². The molecular formula is C12H11BrN4. The summed E-state index contributed by atoms with van der Waals surface area (Å²) in [4.78, 5) is 3.36. The predicted octanol–water partition coefficient (Wildman–Crippen LogP) is 2.91. The van der Waals surface area contributed by atoms with E-state index < -0.39 is 0 Å². The highest BCUT2D eigenvalue weighted by molar-refractivity contribution is 9.10. The van der Waals surface area contributed by atoms with Gasteiger partial charge in [-0.15, -0.1) is 0 Å². The first-order valence-corrected chi connectivity index (χ1v) is 6.01. The van der Waals surface area contributed by atoms with Crippen LogP contribution in [0.3, 0.4) is 0 Å². The minimum atomic E-state index is 0.530. The van der Waals surface area contributed by atoms with Crippen LogP contribution < -0.4 is 5.73 Å². The number of nitrogens with one attached hydrogen (secondary N) is 1. The third-order valence-corrected chi connectivity index (χ3v) is 3.25. The van der Waals surface area contributed by atoms with Gasteiger partial charge in [-0.2, -0.15) is 5.10 Å². The lowest BCUT2D eigenvalue weighted by Gasteiger charge is -1.96. The van der Waals surface area contributed by atoms with Gasteiger partial charge in [0.2, 0.25) is 0 Å². The molecule has 0 saturated carbocycles. The highest BCUT2D eigenvalue weighted by atomic mass is 79.9. The molecule has 4 nitrogen and oxygen atoms in total. The summed E-state index contributed by atoms with van der Waals surface area (Å²) in [5.74, 6) is 0.530. The summed E-state index contributed by atoms with van der Waals surface area (Å²) in [6.07, 6.45) is 0. The molecule has 0 fully saturated rings. The number of aryl methyl sites for hydroxylation is 1. The average Bonchev–Trinajstić information content (AvgIpc) is 2.80. The van der Waals surface area contributed by atoms with Gasteiger partial charge in [0.25, 0.3) is 0 Å². The third-order valence-electron chi connectivity index (χ3n) is 2.76. The van der Waals surface area contributed by atoms with Gasteiger partial charge in [0.15, 0.2) is 0 Å². The van der Waals surface area contributed by atoms with Crippen molar-refractivity contribution in [3.63, 3.8) is 0 Å². The van der Waals surface area contributed by atoms with Crippen molar-refractivity contribution in [1.29, 1.82) is 0 Å². The molecule has 0 aliphatic rings. The zero-order valence-electron chi connectivity index (χ0n) is 9.24. The molecule has 0 amide bonds. The number of nitrogen functional groups attached to an aromatic ring is 1. The first-order chi connectivity index (χ1) is 8.13. The first-order valence-electron chi connectivity index (χ1n) is 5.21. The lowest BCUT2D eigenvalue weighted by atomic mass is 10.2. The minimum Gasteiger partial charge on any atom is -0.382 e. The molecule has 5 heteroatoms. The molecule has 0 spiro atoms. The molecule has 86 valence electrons. The monoisotopic (exact) mass is 290 g/mol. The quantitative estimate of drug-likeness (QED) is 0.724. The lowest BCUT2D eigenvalue weighted by Crippen LogP contribution is -1.94. The number of benzene rings is 1. The molecule has 3 rings (SSSR count). The van der Waals surface area contributed by atoms with Crippen LogP contribution in [0, 0.1) is 0 Å². The standard InChI is InChI=1S/C12H11BrN4/c1-17-11(6-12(14)16-17)10-5-7-4-8(13)2-3-9(7)15-10/h2-6,15H,1H3,(H2,14,16). The van der Waals surface area contributed by atoms with Gasteiger partial charge in [-0.05, 0) is 24.3 Å². The Balaban J connectivity index is 2.21. The van der Waals surface area contributed by atoms with Crippen LogP contribution in [0.2, 0.25) is 0 Å². The maximum atomic E-state index is 5.68. The second-order valence-corrected chi connectivity index (χ2v) is 4.91. The number of halogens is 1. The molecule has 0 atom stereocenters. The summed E-state index contributed by atoms with van der Waals surface area (Å²) in [6, 6.07) is 10.1. The van der Waals surface area contributed by atoms with Gasteiger partial charge in [0, 0.05) is 28.5 Å². The SMILES string of the molecule is Cn1nc(N)cc1-c1cc2cc(Br)ccc2[nH]1. The van der Waals surface area contributed by atoms with Crippen LogP contribution >= 0.6 is 15.9 Å². The maximum Gasteiger partial charge on any atom is 0.146 e. The van der Waals surface area contributed by atoms with Crippen molar-refractivity contribution >= 4 is 32.7 Å². The van der Waals surface area contributed by atoms with Crippen LogP contribution in [0.1, 0.15) is 0 Å². The third kappa shape index (κ3) is 1.72. The first kappa shape index (κ1) is 10.4. The predicted molar refractivity (Wildman–Crippen MR) is 72.6 cm³/mol. The molecule has 3 aromatic rings. The molecule has 0 saturated heterocycles. The molecule has 2 aromatic heterocycles. The summed E-state index contributed by atoms with van der Waals surface area (Å²) in [5.41, 5.74) is 8.78. The Kier molecular flexibility index (Phi) is 2.22. The van der Waals surface area contributed by atoms with Crippen LogP contribution in [0.5, 0.6) is 0 Å². The molecule has 3 N–H and O–H groups in total. The zero-order chi connectivity index (χ0) is 12.0. The summed E-state index contributed by atoms with van der Waals surface area (Å²) in [7, 11) is 1.88. The zero-order valence-corrected chi connectivity index (χ0v) is 10.8. The summed E-state index contributed by atoms with van der Waals surface area (Å²) < 4.78 is 2.84. The number of rotatable bonds is 1. The molecule has 0 radical (unpaired) electrons. The Hall–Kier alpha value is -1.75. The van der Waals surface area contributed by atoms with E-state index in [4.69, 9.17) is 5.73 Å². The van der Waals surface area contributed by atoms with Crippen molar-refractivity contribution in [2.45, 2.75) is 0 Å². The van der Waals surface area contributed by atoms with E-state index in [1.54, 1.807) is 4.68 Å². The van der Waals surface area contributed by atoms with E-state index >= 15 is 0 Å². The van der Waals surface area contributed by atoms with Crippen LogP contribution in [0.25, 0.3) is 22.3 Å². The van der Waals surface area contributed by atoms with Crippen molar-refractivity contribution in [3.8, 4) is 11.4 Å². The number of H-pyrrole nitrogens is 1. The Morgan fingerprint density at radius 3 is 2.82 bits per heavy atom. The van der Waals surface area contributed by atoms with Crippen molar-refractivity contribution in [2.75, 3.05) is 5.73 Å². The molecule has 0 aliphatic carbocycles. The van der Waals surface area contributed by atoms with Gasteiger partial charge in [0.05, 0.1) is 11.4 Å². The topological polar surface area (TPSA) is 59.6 Å². The summed E-state index contributed by atoms with van der Waals surface area (Å²) >= 11 is 3.47. The van der Waals surface area contributed by atoms with E-state index in [2.05, 4.69) is 38.1 Å². The fourth-order valence-corrected chi connectivity index (χ4v) is 2.36. The number of anilines is 1. The Bertz CT molecular complexity index is 696. The molecule has 1 aromatic carbocycles. The molecule has 2 heterocycles. The smallest absolute Gasteiger partial charge is 0.146 e. The molecule has 0 unspecified atom stereocenters. The van der Waals surface area contributed by atoms with Gasteiger partial charge >= 0.3 is 0 Å². The highest BCUT2D eigenvalue weighted by Gasteiger charge is 2.08. The Morgan fingerprint density at radius 2 is 2.12 bits per heavy atom. The average molecular weight is 291 g/mol. The van der Waals surface area contributed by atoms with E-state index in [1.807, 2.05) is 25.2 Å². The van der Waals surface area contributed by atoms with E-state index in [1.165, 1.54) is 0 Å². The number of fused-ring (bicyclic) bond motifs is 1. The number of aromatic amines is 1. The van der Waals surface area contributed by atoms with Crippen molar-refractivity contribution in [2.24, 2.45) is 7.05 Å². The number of aromatic nitrogens is 3. The summed E-state index contributed by atoms with van der Waals surface area (Å²) in [6.45, 7) is 0. The van der Waals surface area contributed by atoms with Gasteiger partial charge in [-0.1, -0.05) is 15.9 Å². The largest absolute Gasteiger partial charge is 0.382 e. The number of nitrogens with zero attached hydrogens (tertiary/aromatic N) is 2. The fraction of sp³-hybridized carbons (Fsp3) is 0.0833. The maximum absolute atomic E-state index is 5.68. The van der Waals surface area contributed by atoms with Crippen molar-refractivity contribution in [1.82, 2.24) is 14.8 Å². The number of hydrogen-bond acceptors (Lipinski definition) is 2. The van der Waals surface area contributed by atoms with E-state index in [0.717, 1.165) is 26.8 Å². The van der Waals surface area contributed by atoms with Gasteiger partial charge in [-0.3, -0.25) is 4.68 Å². The molecule has 0 bridgehead atoms. The van der Waals surface area contributed by atoms with Crippen LogP contribution in [-0.4, -0.2) is 14.8 Å². The van der Waals surface area contributed by atoms with Crippen LogP contribution in [-0.2, 0) is 7.05 Å². The normalized spacial score (nSPS) is 11.2. The van der Waals surface area contributed by atoms with E-state index in [-0.39, 0.29) is 0 Å². The molecular weight excluding hydrogens is 280 g/mol. The fourth-order valence-electron chi connectivity index (χ4n) is 1.98. The Morgan fingerprint density at radius 1 is 1.29 bits per heavy atom. The molecule has 0 aliphatic heterocycles. The van der Waals surface area contributed by atoms with Crippen LogP contribution in [0.15, 0.2) is 34.8 Å². The number of nitrogens with two attached hydrogens (primary N) is 1. The van der Waals surface area contributed by atoms with Crippen molar-refractivity contribution in [3.05, 3.63) is 34.8 Å². The van der Waals surface area contributed by atoms with E-state index in [0.29, 0.717) is 5.82 Å². The van der Waals surface area contributed by atoms with Crippen molar-refractivity contribution < 1.29 is 0 Å². The Labute approximate surface area is 107 Å². The van der Waals surface area contributed by atoms with Gasteiger partial charge < -0.3 is 10.7 Å². The number of hydrogen-bond donors (Lipinski definition) is 2. The molecule has 17 heavy (non-hydrogen) atoms. The lowest BCUT2D eigenvalue weighted by molar-refractivity contribution is 0.778. The second-order valence-electron chi connectivity index (χ2n) is 3.99. The summed E-state index contributed by atoms with van der Waals surface area (Å²) in [5, 5.41) is 5.30. The van der Waals surface area contributed by atoms with E-state index in [9.17, 15) is 0 Å². The van der Waals surface area contributed by atoms with Gasteiger partial charge in [0.1, 0.15) is 5.82 Å². The minimum absolute atomic E-state index is 0.530. The highest BCUT2D eigenvalue weighted by Crippen LogP contribution is 2.26. The van der Waals surface area contributed by atoms with Gasteiger partial charge in [-0.25, -0.2) is 0 Å².